The molecule has 0 saturated heterocycles. The molecule has 2 nitrogen and oxygen atoms in total. The molecule has 1 aromatic heterocycles. The number of hydrogen-bond acceptors (Lipinski definition) is 2. The maximum atomic E-state index is 5.98. The Kier molecular flexibility index (Phi) is 3.32. The van der Waals surface area contributed by atoms with Gasteiger partial charge in [-0.1, -0.05) is 25.5 Å². The molecule has 2 rings (SSSR count). The zero-order valence-corrected chi connectivity index (χ0v) is 10.9. The minimum atomic E-state index is 0.774. The number of nitrogen functional groups attached to an aromatic ring is 1. The fraction of sp³-hybridized carbons (Fsp3) is 0.400. The molecule has 0 spiro atoms. The smallest absolute Gasteiger partial charge is 0.0937 e. The lowest BCUT2D eigenvalue weighted by molar-refractivity contribution is 0.784. The van der Waals surface area contributed by atoms with Crippen molar-refractivity contribution in [2.45, 2.75) is 40.0 Å². The summed E-state index contributed by atoms with van der Waals surface area (Å²) in [7, 11) is 0. The first kappa shape index (κ1) is 11.9. The molecular weight excluding hydrogens is 208 g/mol. The Labute approximate surface area is 103 Å². The predicted molar refractivity (Wildman–Crippen MR) is 74.2 cm³/mol. The van der Waals surface area contributed by atoms with Crippen LogP contribution in [0.5, 0.6) is 0 Å². The topological polar surface area (TPSA) is 38.9 Å². The normalized spacial score (nSPS) is 11.0. The van der Waals surface area contributed by atoms with Gasteiger partial charge in [0.25, 0.3) is 0 Å². The minimum absolute atomic E-state index is 0.774. The van der Waals surface area contributed by atoms with E-state index in [1.807, 2.05) is 12.1 Å². The standard InChI is InChI=1S/C15H20N2/c1-4-5-7-12-10(2)13-8-6-9-14(16)15(13)17-11(12)3/h6,8-9H,4-5,7,16H2,1-3H3. The van der Waals surface area contributed by atoms with Gasteiger partial charge in [0, 0.05) is 11.1 Å². The SMILES string of the molecule is CCCCc1c(C)nc2c(N)cccc2c1C. The number of nitrogens with zero attached hydrogens (tertiary/aromatic N) is 1. The summed E-state index contributed by atoms with van der Waals surface area (Å²) in [5, 5.41) is 1.20. The van der Waals surface area contributed by atoms with Gasteiger partial charge in [0.2, 0.25) is 0 Å². The average molecular weight is 228 g/mol. The summed E-state index contributed by atoms with van der Waals surface area (Å²) < 4.78 is 0. The van der Waals surface area contributed by atoms with Crippen LogP contribution in [0.3, 0.4) is 0 Å². The van der Waals surface area contributed by atoms with Gasteiger partial charge < -0.3 is 5.73 Å². The second kappa shape index (κ2) is 4.74. The Morgan fingerprint density at radius 2 is 2.00 bits per heavy atom. The van der Waals surface area contributed by atoms with E-state index in [0.29, 0.717) is 0 Å². The number of rotatable bonds is 3. The molecule has 2 N–H and O–H groups in total. The molecule has 0 radical (unpaired) electrons. The van der Waals surface area contributed by atoms with E-state index in [0.717, 1.165) is 23.3 Å². The van der Waals surface area contributed by atoms with Gasteiger partial charge in [-0.25, -0.2) is 0 Å². The zero-order valence-electron chi connectivity index (χ0n) is 10.9. The number of hydrogen-bond donors (Lipinski definition) is 1. The lowest BCUT2D eigenvalue weighted by Gasteiger charge is -2.13. The summed E-state index contributed by atoms with van der Waals surface area (Å²) in [5.41, 5.74) is 11.6. The number of pyridine rings is 1. The lowest BCUT2D eigenvalue weighted by atomic mass is 9.97. The van der Waals surface area contributed by atoms with E-state index >= 15 is 0 Å². The second-order valence-electron chi connectivity index (χ2n) is 4.65. The Bertz CT molecular complexity index is 544. The van der Waals surface area contributed by atoms with E-state index in [1.165, 1.54) is 29.4 Å². The van der Waals surface area contributed by atoms with Crippen LogP contribution in [0.15, 0.2) is 18.2 Å². The Morgan fingerprint density at radius 1 is 1.24 bits per heavy atom. The van der Waals surface area contributed by atoms with Crippen LogP contribution >= 0.6 is 0 Å². The molecule has 90 valence electrons. The van der Waals surface area contributed by atoms with E-state index in [9.17, 15) is 0 Å². The Balaban J connectivity index is 2.63. The molecular formula is C15H20N2. The molecule has 0 aliphatic rings. The van der Waals surface area contributed by atoms with Gasteiger partial charge in [0.15, 0.2) is 0 Å². The first-order valence-corrected chi connectivity index (χ1v) is 6.29. The summed E-state index contributed by atoms with van der Waals surface area (Å²) in [4.78, 5) is 4.66. The number of unbranched alkanes of at least 4 members (excludes halogenated alkanes) is 1. The van der Waals surface area contributed by atoms with Crippen molar-refractivity contribution in [2.75, 3.05) is 5.73 Å². The summed E-state index contributed by atoms with van der Waals surface area (Å²) in [5.74, 6) is 0. The van der Waals surface area contributed by atoms with Crippen LogP contribution in [0, 0.1) is 13.8 Å². The number of aromatic nitrogens is 1. The number of nitrogens with two attached hydrogens (primary N) is 1. The number of para-hydroxylation sites is 1. The van der Waals surface area contributed by atoms with Gasteiger partial charge in [-0.05, 0) is 43.9 Å². The van der Waals surface area contributed by atoms with E-state index in [1.54, 1.807) is 0 Å². The van der Waals surface area contributed by atoms with E-state index in [-0.39, 0.29) is 0 Å². The van der Waals surface area contributed by atoms with Gasteiger partial charge in [-0.3, -0.25) is 4.98 Å². The molecule has 0 amide bonds. The number of benzene rings is 1. The fourth-order valence-corrected chi connectivity index (χ4v) is 2.38. The molecule has 0 fully saturated rings. The molecule has 0 atom stereocenters. The predicted octanol–water partition coefficient (Wildman–Crippen LogP) is 3.78. The number of anilines is 1. The van der Waals surface area contributed by atoms with E-state index in [2.05, 4.69) is 31.8 Å². The molecule has 1 aromatic carbocycles. The molecule has 0 saturated carbocycles. The van der Waals surface area contributed by atoms with Gasteiger partial charge in [0.1, 0.15) is 0 Å². The first-order valence-electron chi connectivity index (χ1n) is 6.29. The molecule has 1 heterocycles. The molecule has 2 heteroatoms. The Hall–Kier alpha value is -1.57. The van der Waals surface area contributed by atoms with Crippen molar-refractivity contribution in [1.82, 2.24) is 4.98 Å². The quantitative estimate of drug-likeness (QED) is 0.812. The van der Waals surface area contributed by atoms with Gasteiger partial charge in [0.05, 0.1) is 11.2 Å². The average Bonchev–Trinajstić information content (AvgIpc) is 2.31. The number of fused-ring (bicyclic) bond motifs is 1. The molecule has 0 unspecified atom stereocenters. The van der Waals surface area contributed by atoms with Crippen molar-refractivity contribution in [1.29, 1.82) is 0 Å². The van der Waals surface area contributed by atoms with Gasteiger partial charge in [-0.2, -0.15) is 0 Å². The lowest BCUT2D eigenvalue weighted by Crippen LogP contribution is -2.00. The third-order valence-electron chi connectivity index (χ3n) is 3.42. The summed E-state index contributed by atoms with van der Waals surface area (Å²) >= 11 is 0. The Morgan fingerprint density at radius 3 is 2.71 bits per heavy atom. The van der Waals surface area contributed by atoms with Crippen LogP contribution in [-0.4, -0.2) is 4.98 Å². The highest BCUT2D eigenvalue weighted by Gasteiger charge is 2.10. The second-order valence-corrected chi connectivity index (χ2v) is 4.65. The van der Waals surface area contributed by atoms with Crippen LogP contribution in [0.2, 0.25) is 0 Å². The van der Waals surface area contributed by atoms with Crippen LogP contribution < -0.4 is 5.73 Å². The first-order chi connectivity index (χ1) is 8.15. The van der Waals surface area contributed by atoms with Crippen LogP contribution in [0.1, 0.15) is 36.6 Å². The van der Waals surface area contributed by atoms with Crippen molar-refractivity contribution in [2.24, 2.45) is 0 Å². The molecule has 17 heavy (non-hydrogen) atoms. The highest BCUT2D eigenvalue weighted by molar-refractivity contribution is 5.92. The van der Waals surface area contributed by atoms with Crippen molar-refractivity contribution in [3.8, 4) is 0 Å². The van der Waals surface area contributed by atoms with Gasteiger partial charge in [-0.15, -0.1) is 0 Å². The molecule has 0 aliphatic carbocycles. The third-order valence-corrected chi connectivity index (χ3v) is 3.42. The monoisotopic (exact) mass is 228 g/mol. The third kappa shape index (κ3) is 2.12. The minimum Gasteiger partial charge on any atom is -0.397 e. The van der Waals surface area contributed by atoms with Crippen LogP contribution in [0.25, 0.3) is 10.9 Å². The summed E-state index contributed by atoms with van der Waals surface area (Å²) in [6.45, 7) is 6.49. The largest absolute Gasteiger partial charge is 0.397 e. The van der Waals surface area contributed by atoms with Crippen molar-refractivity contribution in [3.05, 3.63) is 35.0 Å². The van der Waals surface area contributed by atoms with Crippen molar-refractivity contribution >= 4 is 16.6 Å². The van der Waals surface area contributed by atoms with Crippen molar-refractivity contribution < 1.29 is 0 Å². The highest BCUT2D eigenvalue weighted by atomic mass is 14.7. The van der Waals surface area contributed by atoms with Crippen LogP contribution in [-0.2, 0) is 6.42 Å². The summed E-state index contributed by atoms with van der Waals surface area (Å²) in [6, 6.07) is 6.04. The fourth-order valence-electron chi connectivity index (χ4n) is 2.38. The van der Waals surface area contributed by atoms with Gasteiger partial charge >= 0.3 is 0 Å². The van der Waals surface area contributed by atoms with Crippen molar-refractivity contribution in [3.63, 3.8) is 0 Å². The highest BCUT2D eigenvalue weighted by Crippen LogP contribution is 2.27. The number of aryl methyl sites for hydroxylation is 2. The zero-order chi connectivity index (χ0) is 12.4. The van der Waals surface area contributed by atoms with Crippen LogP contribution in [0.4, 0.5) is 5.69 Å². The van der Waals surface area contributed by atoms with E-state index in [4.69, 9.17) is 5.73 Å². The maximum absolute atomic E-state index is 5.98. The molecule has 2 aromatic rings. The summed E-state index contributed by atoms with van der Waals surface area (Å²) in [6.07, 6.45) is 3.55. The molecule has 0 aliphatic heterocycles. The maximum Gasteiger partial charge on any atom is 0.0937 e. The molecule has 0 bridgehead atoms. The van der Waals surface area contributed by atoms with E-state index < -0.39 is 0 Å².